The van der Waals surface area contributed by atoms with Crippen LogP contribution in [0.3, 0.4) is 0 Å². The van der Waals surface area contributed by atoms with Crippen LogP contribution >= 0.6 is 11.3 Å². The van der Waals surface area contributed by atoms with Crippen molar-refractivity contribution in [1.29, 1.82) is 0 Å². The molecule has 0 radical (unpaired) electrons. The molecule has 148 valence electrons. The lowest BCUT2D eigenvalue weighted by molar-refractivity contribution is 0.0988. The average Bonchev–Trinajstić information content (AvgIpc) is 3.33. The zero-order valence-electron chi connectivity index (χ0n) is 16.9. The van der Waals surface area contributed by atoms with Gasteiger partial charge >= 0.3 is 0 Å². The number of nitrogens with one attached hydrogen (secondary N) is 1. The second-order valence-electron chi connectivity index (χ2n) is 8.49. The summed E-state index contributed by atoms with van der Waals surface area (Å²) in [6, 6.07) is 1.64. The average molecular weight is 400 g/mol. The van der Waals surface area contributed by atoms with Gasteiger partial charge in [-0.05, 0) is 37.5 Å². The summed E-state index contributed by atoms with van der Waals surface area (Å²) in [4.78, 5) is 18.5. The van der Waals surface area contributed by atoms with E-state index in [0.717, 1.165) is 36.2 Å². The zero-order chi connectivity index (χ0) is 20.1. The standard InChI is InChI=1S/C20H25N5O2S/c1-11-13(10-21-25(11)5)15-9-16(27-24-15)18(26)23-19-22-14-7-6-12(20(2,3)4)8-17(14)28-19/h9-10,12H,6-8H2,1-5H3,(H,22,23,26)/t12-/m1/s1. The SMILES string of the molecule is Cc1c(-c2cc(C(=O)Nc3nc4c(s3)C[C@H](C(C)(C)C)CC4)on2)cnn1C. The van der Waals surface area contributed by atoms with E-state index >= 15 is 0 Å². The molecular formula is C20H25N5O2S. The van der Waals surface area contributed by atoms with Crippen LogP contribution in [0.1, 0.15) is 54.0 Å². The highest BCUT2D eigenvalue weighted by atomic mass is 32.1. The Morgan fingerprint density at radius 3 is 2.86 bits per heavy atom. The fourth-order valence-corrected chi connectivity index (χ4v) is 4.67. The van der Waals surface area contributed by atoms with E-state index in [0.29, 0.717) is 16.7 Å². The molecule has 0 aromatic carbocycles. The molecule has 0 fully saturated rings. The molecule has 3 aromatic rings. The quantitative estimate of drug-likeness (QED) is 0.712. The Kier molecular flexibility index (Phi) is 4.61. The van der Waals surface area contributed by atoms with Gasteiger partial charge in [-0.1, -0.05) is 25.9 Å². The summed E-state index contributed by atoms with van der Waals surface area (Å²) in [5.74, 6) is 0.473. The molecule has 4 rings (SSSR count). The predicted molar refractivity (Wildman–Crippen MR) is 108 cm³/mol. The van der Waals surface area contributed by atoms with Crippen molar-refractivity contribution < 1.29 is 9.32 Å². The van der Waals surface area contributed by atoms with Crippen molar-refractivity contribution in [3.8, 4) is 11.3 Å². The van der Waals surface area contributed by atoms with Crippen LogP contribution in [0, 0.1) is 18.3 Å². The minimum absolute atomic E-state index is 0.166. The van der Waals surface area contributed by atoms with Gasteiger partial charge in [0.2, 0.25) is 5.76 Å². The van der Waals surface area contributed by atoms with Gasteiger partial charge in [-0.25, -0.2) is 4.98 Å². The maximum absolute atomic E-state index is 12.6. The van der Waals surface area contributed by atoms with Crippen LogP contribution in [0.4, 0.5) is 5.13 Å². The highest BCUT2D eigenvalue weighted by Gasteiger charge is 2.31. The van der Waals surface area contributed by atoms with Crippen LogP contribution in [0.25, 0.3) is 11.3 Å². The Hall–Kier alpha value is -2.48. The topological polar surface area (TPSA) is 85.8 Å². The first-order valence-electron chi connectivity index (χ1n) is 9.48. The van der Waals surface area contributed by atoms with Crippen LogP contribution in [-0.4, -0.2) is 25.8 Å². The van der Waals surface area contributed by atoms with Crippen LogP contribution < -0.4 is 5.32 Å². The number of carbonyl (C=O) groups is 1. The van der Waals surface area contributed by atoms with Gasteiger partial charge in [0.25, 0.3) is 5.91 Å². The molecular weight excluding hydrogens is 374 g/mol. The minimum atomic E-state index is -0.334. The van der Waals surface area contributed by atoms with Gasteiger partial charge in [0.15, 0.2) is 5.13 Å². The Balaban J connectivity index is 1.48. The van der Waals surface area contributed by atoms with Crippen LogP contribution in [-0.2, 0) is 19.9 Å². The lowest BCUT2D eigenvalue weighted by atomic mass is 9.73. The smallest absolute Gasteiger partial charge is 0.296 e. The van der Waals surface area contributed by atoms with E-state index in [2.05, 4.69) is 41.3 Å². The van der Waals surface area contributed by atoms with Crippen molar-refractivity contribution >= 4 is 22.4 Å². The molecule has 1 aliphatic rings. The number of hydrogen-bond donors (Lipinski definition) is 1. The number of hydrogen-bond acceptors (Lipinski definition) is 6. The van der Waals surface area contributed by atoms with Crippen molar-refractivity contribution in [2.45, 2.75) is 47.0 Å². The van der Waals surface area contributed by atoms with E-state index in [1.807, 2.05) is 14.0 Å². The molecule has 3 heterocycles. The van der Waals surface area contributed by atoms with E-state index < -0.39 is 0 Å². The number of aryl methyl sites for hydroxylation is 2. The van der Waals surface area contributed by atoms with E-state index in [4.69, 9.17) is 4.52 Å². The molecule has 1 atom stereocenters. The number of carbonyl (C=O) groups excluding carboxylic acids is 1. The summed E-state index contributed by atoms with van der Waals surface area (Å²) >= 11 is 1.57. The highest BCUT2D eigenvalue weighted by Crippen LogP contribution is 2.40. The molecule has 0 bridgehead atoms. The largest absolute Gasteiger partial charge is 0.350 e. The van der Waals surface area contributed by atoms with Crippen molar-refractivity contribution in [1.82, 2.24) is 19.9 Å². The molecule has 0 unspecified atom stereocenters. The fraction of sp³-hybridized carbons (Fsp3) is 0.500. The predicted octanol–water partition coefficient (Wildman–Crippen LogP) is 4.24. The highest BCUT2D eigenvalue weighted by molar-refractivity contribution is 7.15. The van der Waals surface area contributed by atoms with Crippen molar-refractivity contribution in [3.63, 3.8) is 0 Å². The Labute approximate surface area is 168 Å². The number of amides is 1. The molecule has 28 heavy (non-hydrogen) atoms. The van der Waals surface area contributed by atoms with Crippen molar-refractivity contribution in [3.05, 3.63) is 34.3 Å². The van der Waals surface area contributed by atoms with Crippen LogP contribution in [0.15, 0.2) is 16.8 Å². The van der Waals surface area contributed by atoms with Crippen LogP contribution in [0.5, 0.6) is 0 Å². The third-order valence-corrected chi connectivity index (χ3v) is 6.67. The van der Waals surface area contributed by atoms with Gasteiger partial charge < -0.3 is 4.52 Å². The Morgan fingerprint density at radius 1 is 1.39 bits per heavy atom. The molecule has 1 N–H and O–H groups in total. The lowest BCUT2D eigenvalue weighted by Crippen LogP contribution is -2.26. The molecule has 0 spiro atoms. The first kappa shape index (κ1) is 18.9. The van der Waals surface area contributed by atoms with Crippen LogP contribution in [0.2, 0.25) is 0 Å². The third-order valence-electron chi connectivity index (χ3n) is 5.63. The minimum Gasteiger partial charge on any atom is -0.350 e. The van der Waals surface area contributed by atoms with E-state index in [9.17, 15) is 4.79 Å². The van der Waals surface area contributed by atoms with E-state index in [1.54, 1.807) is 28.3 Å². The summed E-state index contributed by atoms with van der Waals surface area (Å²) in [5.41, 5.74) is 3.81. The maximum Gasteiger partial charge on any atom is 0.296 e. The zero-order valence-corrected chi connectivity index (χ0v) is 17.7. The molecule has 0 saturated carbocycles. The summed E-state index contributed by atoms with van der Waals surface area (Å²) in [6.45, 7) is 8.81. The second kappa shape index (κ2) is 6.84. The molecule has 3 aromatic heterocycles. The summed E-state index contributed by atoms with van der Waals surface area (Å²) < 4.78 is 7.02. The fourth-order valence-electron chi connectivity index (χ4n) is 3.59. The van der Waals surface area contributed by atoms with Gasteiger partial charge in [-0.15, -0.1) is 11.3 Å². The number of nitrogens with zero attached hydrogens (tertiary/aromatic N) is 4. The molecule has 8 heteroatoms. The Morgan fingerprint density at radius 2 is 2.18 bits per heavy atom. The summed E-state index contributed by atoms with van der Waals surface area (Å²) in [6.07, 6.45) is 4.86. The van der Waals surface area contributed by atoms with Crippen molar-refractivity contribution in [2.75, 3.05) is 5.32 Å². The van der Waals surface area contributed by atoms with Gasteiger partial charge in [0.1, 0.15) is 5.69 Å². The summed E-state index contributed by atoms with van der Waals surface area (Å²) in [5, 5.41) is 11.7. The van der Waals surface area contributed by atoms with Gasteiger partial charge in [-0.2, -0.15) is 5.10 Å². The van der Waals surface area contributed by atoms with Gasteiger partial charge in [0.05, 0.1) is 11.9 Å². The van der Waals surface area contributed by atoms with E-state index in [-0.39, 0.29) is 17.1 Å². The van der Waals surface area contributed by atoms with Gasteiger partial charge in [0, 0.05) is 29.2 Å². The number of thiazole rings is 1. The first-order valence-corrected chi connectivity index (χ1v) is 10.3. The molecule has 0 saturated heterocycles. The number of fused-ring (bicyclic) bond motifs is 1. The molecule has 1 amide bonds. The Bertz CT molecular complexity index is 1020. The second-order valence-corrected chi connectivity index (χ2v) is 9.58. The van der Waals surface area contributed by atoms with Gasteiger partial charge in [-0.3, -0.25) is 14.8 Å². The van der Waals surface area contributed by atoms with Crippen molar-refractivity contribution in [2.24, 2.45) is 18.4 Å². The molecule has 1 aliphatic carbocycles. The third kappa shape index (κ3) is 3.48. The van der Waals surface area contributed by atoms with E-state index in [1.165, 1.54) is 4.88 Å². The summed E-state index contributed by atoms with van der Waals surface area (Å²) in [7, 11) is 1.86. The number of aromatic nitrogens is 4. The number of anilines is 1. The first-order chi connectivity index (χ1) is 13.2. The number of rotatable bonds is 3. The normalized spacial score (nSPS) is 16.8. The molecule has 0 aliphatic heterocycles. The lowest BCUT2D eigenvalue weighted by Gasteiger charge is -2.33. The monoisotopic (exact) mass is 399 g/mol. The maximum atomic E-state index is 12.6. The molecule has 7 nitrogen and oxygen atoms in total.